The summed E-state index contributed by atoms with van der Waals surface area (Å²) in [6.45, 7) is 8.33. The molecule has 0 saturated carbocycles. The summed E-state index contributed by atoms with van der Waals surface area (Å²) in [4.78, 5) is 29.3. The first kappa shape index (κ1) is 26.7. The van der Waals surface area contributed by atoms with Crippen LogP contribution in [0.5, 0.6) is 5.75 Å². The van der Waals surface area contributed by atoms with Gasteiger partial charge in [-0.2, -0.15) is 0 Å². The number of methoxy groups -OCH3 is 1. The third-order valence-corrected chi connectivity index (χ3v) is 6.18. The van der Waals surface area contributed by atoms with Gasteiger partial charge in [-0.15, -0.1) is 0 Å². The van der Waals surface area contributed by atoms with Crippen LogP contribution in [0.4, 0.5) is 5.69 Å². The molecular weight excluding hydrogens is 478 g/mol. The number of aromatic nitrogens is 1. The van der Waals surface area contributed by atoms with Crippen LogP contribution in [0.3, 0.4) is 0 Å². The van der Waals surface area contributed by atoms with Crippen LogP contribution in [-0.4, -0.2) is 30.5 Å². The van der Waals surface area contributed by atoms with Gasteiger partial charge < -0.3 is 19.8 Å². The van der Waals surface area contributed by atoms with Crippen LogP contribution in [0.1, 0.15) is 49.3 Å². The number of para-hydroxylation sites is 1. The molecule has 196 valence electrons. The number of nitrogens with one attached hydrogen (secondary N) is 2. The molecule has 4 rings (SSSR count). The SMILES string of the molecule is COc1ccccc1CCNC(=O)c1nc(-c2ccc(C(C)(C)C)cc2)oc1-c1ccc(NC(C)=O)cc1. The summed E-state index contributed by atoms with van der Waals surface area (Å²) in [6.07, 6.45) is 0.607. The second-order valence-corrected chi connectivity index (χ2v) is 10.1. The van der Waals surface area contributed by atoms with Gasteiger partial charge in [0.1, 0.15) is 5.75 Å². The molecule has 0 unspecified atom stereocenters. The van der Waals surface area contributed by atoms with E-state index in [2.05, 4.69) is 48.5 Å². The zero-order chi connectivity index (χ0) is 27.3. The van der Waals surface area contributed by atoms with Crippen molar-refractivity contribution in [2.45, 2.75) is 39.5 Å². The Hall–Kier alpha value is -4.39. The lowest BCUT2D eigenvalue weighted by atomic mass is 9.87. The summed E-state index contributed by atoms with van der Waals surface area (Å²) >= 11 is 0. The normalized spacial score (nSPS) is 11.2. The quantitative estimate of drug-likeness (QED) is 0.292. The van der Waals surface area contributed by atoms with E-state index in [1.54, 1.807) is 31.4 Å². The lowest BCUT2D eigenvalue weighted by molar-refractivity contribution is -0.114. The highest BCUT2D eigenvalue weighted by Gasteiger charge is 2.23. The molecule has 7 heteroatoms. The predicted molar refractivity (Wildman–Crippen MR) is 149 cm³/mol. The highest BCUT2D eigenvalue weighted by Crippen LogP contribution is 2.32. The van der Waals surface area contributed by atoms with Crippen LogP contribution >= 0.6 is 0 Å². The zero-order valence-corrected chi connectivity index (χ0v) is 22.4. The first-order valence-electron chi connectivity index (χ1n) is 12.6. The summed E-state index contributed by atoms with van der Waals surface area (Å²) < 4.78 is 11.6. The van der Waals surface area contributed by atoms with Crippen LogP contribution < -0.4 is 15.4 Å². The molecule has 0 radical (unpaired) electrons. The van der Waals surface area contributed by atoms with Gasteiger partial charge in [0.05, 0.1) is 7.11 Å². The number of anilines is 1. The van der Waals surface area contributed by atoms with E-state index in [1.807, 2.05) is 36.4 Å². The Bertz CT molecular complexity index is 1420. The second kappa shape index (κ2) is 11.3. The maximum atomic E-state index is 13.3. The first-order chi connectivity index (χ1) is 18.2. The zero-order valence-electron chi connectivity index (χ0n) is 22.4. The van der Waals surface area contributed by atoms with Crippen LogP contribution in [0.15, 0.2) is 77.2 Å². The van der Waals surface area contributed by atoms with Crippen molar-refractivity contribution in [1.29, 1.82) is 0 Å². The Morgan fingerprint density at radius 3 is 2.21 bits per heavy atom. The standard InChI is InChI=1S/C31H33N3O4/c1-20(35)33-25-16-12-22(13-17-25)28-27(29(36)32-19-18-21-8-6-7-9-26(21)37-5)34-30(38-28)23-10-14-24(15-11-23)31(2,3)4/h6-17H,18-19H2,1-5H3,(H,32,36)(H,33,35). The number of hydrogen-bond donors (Lipinski definition) is 2. The average molecular weight is 512 g/mol. The summed E-state index contributed by atoms with van der Waals surface area (Å²) in [6, 6.07) is 22.9. The Kier molecular flexibility index (Phi) is 7.96. The summed E-state index contributed by atoms with van der Waals surface area (Å²) in [7, 11) is 1.63. The smallest absolute Gasteiger partial charge is 0.273 e. The Balaban J connectivity index is 1.62. The number of oxazole rings is 1. The molecule has 4 aromatic rings. The van der Waals surface area contributed by atoms with Crippen molar-refractivity contribution in [3.63, 3.8) is 0 Å². The number of ether oxygens (including phenoxy) is 1. The number of hydrogen-bond acceptors (Lipinski definition) is 5. The van der Waals surface area contributed by atoms with Gasteiger partial charge in [-0.1, -0.05) is 51.1 Å². The van der Waals surface area contributed by atoms with Gasteiger partial charge in [0.15, 0.2) is 11.5 Å². The largest absolute Gasteiger partial charge is 0.496 e. The molecule has 1 heterocycles. The molecule has 0 aliphatic heterocycles. The van der Waals surface area contributed by atoms with E-state index >= 15 is 0 Å². The highest BCUT2D eigenvalue weighted by molar-refractivity contribution is 5.98. The first-order valence-corrected chi connectivity index (χ1v) is 12.6. The number of carbonyl (C=O) groups excluding carboxylic acids is 2. The van der Waals surface area contributed by atoms with Gasteiger partial charge in [0.2, 0.25) is 11.8 Å². The minimum atomic E-state index is -0.331. The van der Waals surface area contributed by atoms with Crippen molar-refractivity contribution in [2.75, 3.05) is 19.0 Å². The molecule has 38 heavy (non-hydrogen) atoms. The number of carbonyl (C=O) groups is 2. The number of benzene rings is 3. The van der Waals surface area contributed by atoms with E-state index in [-0.39, 0.29) is 22.9 Å². The van der Waals surface area contributed by atoms with E-state index in [0.717, 1.165) is 16.9 Å². The van der Waals surface area contributed by atoms with E-state index in [9.17, 15) is 9.59 Å². The molecule has 2 amide bonds. The highest BCUT2D eigenvalue weighted by atomic mass is 16.5. The maximum Gasteiger partial charge on any atom is 0.273 e. The lowest BCUT2D eigenvalue weighted by Gasteiger charge is -2.18. The molecule has 3 aromatic carbocycles. The molecule has 7 nitrogen and oxygen atoms in total. The summed E-state index contributed by atoms with van der Waals surface area (Å²) in [5, 5.41) is 5.71. The number of nitrogens with zero attached hydrogens (tertiary/aromatic N) is 1. The number of amides is 2. The van der Waals surface area contributed by atoms with E-state index in [4.69, 9.17) is 9.15 Å². The van der Waals surface area contributed by atoms with Crippen molar-refractivity contribution in [3.8, 4) is 28.5 Å². The Morgan fingerprint density at radius 2 is 1.58 bits per heavy atom. The Morgan fingerprint density at radius 1 is 0.921 bits per heavy atom. The molecule has 0 aliphatic carbocycles. The monoisotopic (exact) mass is 511 g/mol. The third-order valence-electron chi connectivity index (χ3n) is 6.18. The summed E-state index contributed by atoms with van der Waals surface area (Å²) in [5.41, 5.74) is 4.53. The average Bonchev–Trinajstić information content (AvgIpc) is 3.34. The van der Waals surface area contributed by atoms with Crippen molar-refractivity contribution in [1.82, 2.24) is 10.3 Å². The van der Waals surface area contributed by atoms with Gasteiger partial charge >= 0.3 is 0 Å². The van der Waals surface area contributed by atoms with Gasteiger partial charge in [-0.3, -0.25) is 9.59 Å². The van der Waals surface area contributed by atoms with Gasteiger partial charge in [0.25, 0.3) is 5.91 Å². The minimum Gasteiger partial charge on any atom is -0.496 e. The second-order valence-electron chi connectivity index (χ2n) is 10.1. The van der Waals surface area contributed by atoms with E-state index in [1.165, 1.54) is 12.5 Å². The van der Waals surface area contributed by atoms with Gasteiger partial charge in [-0.25, -0.2) is 4.98 Å². The fourth-order valence-electron chi connectivity index (χ4n) is 4.12. The molecular formula is C31H33N3O4. The van der Waals surface area contributed by atoms with Crippen molar-refractivity contribution >= 4 is 17.5 Å². The van der Waals surface area contributed by atoms with Crippen molar-refractivity contribution in [2.24, 2.45) is 0 Å². The Labute approximate surface area is 223 Å². The fraction of sp³-hybridized carbons (Fsp3) is 0.258. The molecule has 0 fully saturated rings. The fourth-order valence-corrected chi connectivity index (χ4v) is 4.12. The van der Waals surface area contributed by atoms with E-state index < -0.39 is 0 Å². The molecule has 0 bridgehead atoms. The molecule has 0 atom stereocenters. The van der Waals surface area contributed by atoms with Crippen LogP contribution in [-0.2, 0) is 16.6 Å². The minimum absolute atomic E-state index is 0.0163. The van der Waals surface area contributed by atoms with Crippen LogP contribution in [0.25, 0.3) is 22.8 Å². The number of rotatable bonds is 8. The van der Waals surface area contributed by atoms with E-state index in [0.29, 0.717) is 35.9 Å². The predicted octanol–water partition coefficient (Wildman–Crippen LogP) is 6.25. The van der Waals surface area contributed by atoms with Crippen molar-refractivity contribution in [3.05, 3.63) is 89.6 Å². The van der Waals surface area contributed by atoms with Crippen LogP contribution in [0.2, 0.25) is 0 Å². The molecule has 1 aromatic heterocycles. The molecule has 0 saturated heterocycles. The van der Waals surface area contributed by atoms with Crippen molar-refractivity contribution < 1.29 is 18.7 Å². The van der Waals surface area contributed by atoms with Gasteiger partial charge in [-0.05, 0) is 65.4 Å². The molecule has 2 N–H and O–H groups in total. The van der Waals surface area contributed by atoms with Crippen LogP contribution in [0, 0.1) is 0 Å². The maximum absolute atomic E-state index is 13.3. The topological polar surface area (TPSA) is 93.5 Å². The molecule has 0 aliphatic rings. The lowest BCUT2D eigenvalue weighted by Crippen LogP contribution is -2.26. The third kappa shape index (κ3) is 6.29. The molecule has 0 spiro atoms. The summed E-state index contributed by atoms with van der Waals surface area (Å²) in [5.74, 6) is 1.02. The van der Waals surface area contributed by atoms with Gasteiger partial charge in [0, 0.05) is 30.3 Å².